The van der Waals surface area contributed by atoms with Gasteiger partial charge < -0.3 is 5.11 Å². The van der Waals surface area contributed by atoms with E-state index in [1.807, 2.05) is 13.8 Å². The van der Waals surface area contributed by atoms with Crippen LogP contribution in [0.2, 0.25) is 0 Å². The van der Waals surface area contributed by atoms with Crippen LogP contribution in [-0.4, -0.2) is 10.9 Å². The van der Waals surface area contributed by atoms with Crippen LogP contribution in [0.4, 0.5) is 0 Å². The lowest BCUT2D eigenvalue weighted by Gasteiger charge is -1.93. The molecule has 0 fully saturated rings. The summed E-state index contributed by atoms with van der Waals surface area (Å²) in [6, 6.07) is 6.29. The summed E-state index contributed by atoms with van der Waals surface area (Å²) in [6.45, 7) is 9.72. The molecule has 0 spiro atoms. The van der Waals surface area contributed by atoms with Gasteiger partial charge in [-0.3, -0.25) is 4.79 Å². The van der Waals surface area contributed by atoms with Crippen molar-refractivity contribution in [1.82, 2.24) is 0 Å². The predicted octanol–water partition coefficient (Wildman–Crippen LogP) is 4.04. The maximum absolute atomic E-state index is 10.7. The van der Waals surface area contributed by atoms with Crippen LogP contribution in [0.25, 0.3) is 0 Å². The van der Waals surface area contributed by atoms with Gasteiger partial charge in [-0.25, -0.2) is 0 Å². The molecule has 2 nitrogen and oxygen atoms in total. The molecule has 15 heavy (non-hydrogen) atoms. The highest BCUT2D eigenvalue weighted by molar-refractivity contribution is 5.94. The fraction of sp³-hybridized carbons (Fsp3) is 0.462. The van der Waals surface area contributed by atoms with E-state index in [0.29, 0.717) is 5.56 Å². The zero-order valence-corrected chi connectivity index (χ0v) is 10.4. The molecule has 2 heteroatoms. The summed E-state index contributed by atoms with van der Waals surface area (Å²) in [6.07, 6.45) is 1.25. The molecule has 0 saturated heterocycles. The summed E-state index contributed by atoms with van der Waals surface area (Å²) >= 11 is 0. The molecule has 1 rings (SSSR count). The van der Waals surface area contributed by atoms with E-state index < -0.39 is 0 Å². The van der Waals surface area contributed by atoms with Crippen LogP contribution in [0, 0.1) is 0 Å². The fourth-order valence-corrected chi connectivity index (χ4v) is 0.725. The molecule has 1 N–H and O–H groups in total. The van der Waals surface area contributed by atoms with Gasteiger partial charge in [0, 0.05) is 5.56 Å². The Balaban J connectivity index is 0. The van der Waals surface area contributed by atoms with Crippen LogP contribution < -0.4 is 0 Å². The lowest BCUT2D eigenvalue weighted by Crippen LogP contribution is -1.89. The highest BCUT2D eigenvalue weighted by atomic mass is 16.3. The summed E-state index contributed by atoms with van der Waals surface area (Å²) in [5.74, 6) is 0.101. The first-order chi connectivity index (χ1) is 7.11. The smallest absolute Gasteiger partial charge is 0.159 e. The van der Waals surface area contributed by atoms with E-state index in [2.05, 4.69) is 13.8 Å². The molecule has 0 amide bonds. The molecule has 0 atom stereocenters. The molecular weight excluding hydrogens is 188 g/mol. The summed E-state index contributed by atoms with van der Waals surface area (Å²) < 4.78 is 0. The fourth-order valence-electron chi connectivity index (χ4n) is 0.725. The number of Topliss-reactive ketones (excluding diaryl/α,β-unsaturated/α-hetero) is 1. The SMILES string of the molecule is CC.CC(=O)c1cccc(O)c1.CCC. The largest absolute Gasteiger partial charge is 0.508 e. The van der Waals surface area contributed by atoms with E-state index in [1.165, 1.54) is 25.5 Å². The Morgan fingerprint density at radius 3 is 2.00 bits per heavy atom. The highest BCUT2D eigenvalue weighted by Crippen LogP contribution is 2.10. The molecule has 1 aromatic rings. The second kappa shape index (κ2) is 10.8. The van der Waals surface area contributed by atoms with Gasteiger partial charge in [0.15, 0.2) is 5.78 Å². The maximum atomic E-state index is 10.7. The first kappa shape index (κ1) is 16.1. The van der Waals surface area contributed by atoms with Crippen molar-refractivity contribution < 1.29 is 9.90 Å². The van der Waals surface area contributed by atoms with E-state index in [1.54, 1.807) is 12.1 Å². The Morgan fingerprint density at radius 1 is 1.27 bits per heavy atom. The Morgan fingerprint density at radius 2 is 1.73 bits per heavy atom. The van der Waals surface area contributed by atoms with Crippen molar-refractivity contribution in [3.05, 3.63) is 29.8 Å². The van der Waals surface area contributed by atoms with Gasteiger partial charge in [-0.1, -0.05) is 46.2 Å². The Hall–Kier alpha value is -1.31. The minimum atomic E-state index is -0.0316. The third-order valence-electron chi connectivity index (χ3n) is 1.25. The molecule has 0 saturated carbocycles. The Kier molecular flexibility index (Phi) is 11.6. The van der Waals surface area contributed by atoms with Crippen LogP contribution in [0.1, 0.15) is 51.4 Å². The van der Waals surface area contributed by atoms with E-state index >= 15 is 0 Å². The quantitative estimate of drug-likeness (QED) is 0.710. The summed E-state index contributed by atoms with van der Waals surface area (Å²) in [4.78, 5) is 10.7. The van der Waals surface area contributed by atoms with Crippen molar-refractivity contribution in [3.8, 4) is 5.75 Å². The van der Waals surface area contributed by atoms with E-state index in [4.69, 9.17) is 5.11 Å². The first-order valence-electron chi connectivity index (χ1n) is 5.41. The summed E-state index contributed by atoms with van der Waals surface area (Å²) in [5, 5.41) is 8.91. The second-order valence-corrected chi connectivity index (χ2v) is 2.81. The van der Waals surface area contributed by atoms with Crippen LogP contribution in [0.15, 0.2) is 24.3 Å². The molecule has 0 aliphatic carbocycles. The lowest BCUT2D eigenvalue weighted by molar-refractivity contribution is 0.101. The molecule has 0 bridgehead atoms. The summed E-state index contributed by atoms with van der Waals surface area (Å²) in [7, 11) is 0. The van der Waals surface area contributed by atoms with Gasteiger partial charge in [-0.2, -0.15) is 0 Å². The predicted molar refractivity (Wildman–Crippen MR) is 65.4 cm³/mol. The minimum absolute atomic E-state index is 0.0316. The number of phenols is 1. The van der Waals surface area contributed by atoms with Gasteiger partial charge in [-0.05, 0) is 19.1 Å². The van der Waals surface area contributed by atoms with Gasteiger partial charge in [0.1, 0.15) is 5.75 Å². The van der Waals surface area contributed by atoms with Crippen molar-refractivity contribution in [2.24, 2.45) is 0 Å². The van der Waals surface area contributed by atoms with Crippen LogP contribution in [-0.2, 0) is 0 Å². The number of rotatable bonds is 1. The van der Waals surface area contributed by atoms with E-state index in [-0.39, 0.29) is 11.5 Å². The van der Waals surface area contributed by atoms with Crippen LogP contribution in [0.5, 0.6) is 5.75 Å². The van der Waals surface area contributed by atoms with Crippen molar-refractivity contribution in [1.29, 1.82) is 0 Å². The first-order valence-corrected chi connectivity index (χ1v) is 5.41. The number of benzene rings is 1. The lowest BCUT2D eigenvalue weighted by atomic mass is 10.1. The highest BCUT2D eigenvalue weighted by Gasteiger charge is 1.97. The van der Waals surface area contributed by atoms with Gasteiger partial charge in [0.2, 0.25) is 0 Å². The normalized spacial score (nSPS) is 7.80. The van der Waals surface area contributed by atoms with Crippen molar-refractivity contribution in [2.45, 2.75) is 41.0 Å². The minimum Gasteiger partial charge on any atom is -0.508 e. The van der Waals surface area contributed by atoms with Crippen LogP contribution in [0.3, 0.4) is 0 Å². The average Bonchev–Trinajstić information content (AvgIpc) is 2.22. The van der Waals surface area contributed by atoms with Crippen LogP contribution >= 0.6 is 0 Å². The van der Waals surface area contributed by atoms with Gasteiger partial charge in [-0.15, -0.1) is 0 Å². The van der Waals surface area contributed by atoms with Crippen molar-refractivity contribution >= 4 is 5.78 Å². The summed E-state index contributed by atoms with van der Waals surface area (Å²) in [5.41, 5.74) is 0.542. The molecule has 0 aliphatic heterocycles. The zero-order chi connectivity index (χ0) is 12.3. The number of aromatic hydroxyl groups is 1. The molecule has 86 valence electrons. The molecule has 0 radical (unpaired) electrons. The number of carbonyl (C=O) groups is 1. The molecular formula is C13H22O2. The molecule has 1 aromatic carbocycles. The zero-order valence-electron chi connectivity index (χ0n) is 10.4. The topological polar surface area (TPSA) is 37.3 Å². The van der Waals surface area contributed by atoms with Crippen molar-refractivity contribution in [2.75, 3.05) is 0 Å². The van der Waals surface area contributed by atoms with E-state index in [9.17, 15) is 4.79 Å². The number of phenolic OH excluding ortho intramolecular Hbond substituents is 1. The maximum Gasteiger partial charge on any atom is 0.159 e. The number of hydrogen-bond acceptors (Lipinski definition) is 2. The number of carbonyl (C=O) groups excluding carboxylic acids is 1. The molecule has 0 aromatic heterocycles. The Labute approximate surface area is 93.0 Å². The van der Waals surface area contributed by atoms with Gasteiger partial charge >= 0.3 is 0 Å². The molecule has 0 heterocycles. The number of ketones is 1. The standard InChI is InChI=1S/C8H8O2.C3H8.C2H6/c1-6(9)7-3-2-4-8(10)5-7;1-3-2;1-2/h2-5,10H,1H3;3H2,1-2H3;1-2H3. The third kappa shape index (κ3) is 9.01. The Bertz CT molecular complexity index is 267. The van der Waals surface area contributed by atoms with E-state index in [0.717, 1.165) is 0 Å². The second-order valence-electron chi connectivity index (χ2n) is 2.81. The average molecular weight is 210 g/mol. The number of hydrogen-bond donors (Lipinski definition) is 1. The van der Waals surface area contributed by atoms with Crippen molar-refractivity contribution in [3.63, 3.8) is 0 Å². The third-order valence-corrected chi connectivity index (χ3v) is 1.25. The van der Waals surface area contributed by atoms with Gasteiger partial charge in [0.25, 0.3) is 0 Å². The monoisotopic (exact) mass is 210 g/mol. The van der Waals surface area contributed by atoms with Gasteiger partial charge in [0.05, 0.1) is 0 Å². The molecule has 0 unspecified atom stereocenters. The molecule has 0 aliphatic rings.